The van der Waals surface area contributed by atoms with E-state index < -0.39 is 29.0 Å². The molecule has 6 bridgehead atoms. The number of amides is 1. The van der Waals surface area contributed by atoms with E-state index in [0.717, 1.165) is 42.3 Å². The third-order valence-corrected chi connectivity index (χ3v) is 10.6. The van der Waals surface area contributed by atoms with Crippen LogP contribution < -0.4 is 15.0 Å². The maximum atomic E-state index is 17.0. The molecule has 11 nitrogen and oxygen atoms in total. The van der Waals surface area contributed by atoms with Gasteiger partial charge in [-0.25, -0.2) is 9.18 Å². The Morgan fingerprint density at radius 3 is 2.60 bits per heavy atom. The highest BCUT2D eigenvalue weighted by Crippen LogP contribution is 2.46. The molecule has 246 valence electrons. The number of aryl methyl sites for hydroxylation is 1. The van der Waals surface area contributed by atoms with Gasteiger partial charge in [-0.2, -0.15) is 9.97 Å². The predicted octanol–water partition coefficient (Wildman–Crippen LogP) is 4.66. The van der Waals surface area contributed by atoms with Gasteiger partial charge < -0.3 is 29.9 Å². The molecule has 1 unspecified atom stereocenters. The predicted molar refractivity (Wildman–Crippen MR) is 173 cm³/mol. The maximum Gasteiger partial charge on any atom is 0.407 e. The number of pyridine rings is 1. The van der Waals surface area contributed by atoms with Crippen LogP contribution in [0.4, 0.5) is 15.0 Å². The van der Waals surface area contributed by atoms with E-state index in [9.17, 15) is 15.0 Å². The number of anilines is 1. The molecule has 1 amide bonds. The molecule has 0 saturated carbocycles. The Kier molecular flexibility index (Phi) is 7.23. The van der Waals surface area contributed by atoms with Crippen molar-refractivity contribution in [2.45, 2.75) is 75.3 Å². The molecule has 12 heteroatoms. The number of nitrogens with zero attached hydrogens (tertiary/aromatic N) is 5. The standard InChI is InChI=1S/C35H39FN6O5/c1-33-13-5-16-41(21-33)30-25-20-37-28(24-12-3-10-22-8-2-9-23(26(22)24)11-4-19-46-32(43)40-33)27(36)29(25)38-31(39-30)47-35(44,45)34-14-6-17-42(34)18-7-15-34/h2-3,8-10,12,20,44-45H,4-7,11,13-19,21H2,1H3,(H,40,43). The monoisotopic (exact) mass is 642 g/mol. The number of fused-ring (bicyclic) bond motifs is 7. The average molecular weight is 643 g/mol. The van der Waals surface area contributed by atoms with Gasteiger partial charge in [-0.15, -0.1) is 0 Å². The lowest BCUT2D eigenvalue weighted by molar-refractivity contribution is -0.349. The van der Waals surface area contributed by atoms with Gasteiger partial charge in [-0.3, -0.25) is 9.88 Å². The van der Waals surface area contributed by atoms with Crippen LogP contribution in [0.1, 0.15) is 57.4 Å². The van der Waals surface area contributed by atoms with Crippen LogP contribution in [-0.2, 0) is 11.2 Å². The molecular weight excluding hydrogens is 603 g/mol. The molecule has 7 heterocycles. The van der Waals surface area contributed by atoms with Crippen LogP contribution >= 0.6 is 0 Å². The first-order valence-electron chi connectivity index (χ1n) is 16.6. The van der Waals surface area contributed by atoms with Crippen molar-refractivity contribution < 1.29 is 28.9 Å². The summed E-state index contributed by atoms with van der Waals surface area (Å²) in [5.74, 6) is -2.91. The molecule has 5 aliphatic heterocycles. The summed E-state index contributed by atoms with van der Waals surface area (Å²) in [5, 5.41) is 28.3. The van der Waals surface area contributed by atoms with Crippen LogP contribution in [0.15, 0.2) is 42.6 Å². The summed E-state index contributed by atoms with van der Waals surface area (Å²) in [6.07, 6.45) is 6.45. The van der Waals surface area contributed by atoms with E-state index in [1.165, 1.54) is 0 Å². The van der Waals surface area contributed by atoms with Gasteiger partial charge in [0.25, 0.3) is 0 Å². The quantitative estimate of drug-likeness (QED) is 0.271. The molecule has 0 spiro atoms. The van der Waals surface area contributed by atoms with Crippen LogP contribution in [-0.4, -0.2) is 86.0 Å². The Balaban J connectivity index is 1.32. The minimum Gasteiger partial charge on any atom is -0.450 e. The van der Waals surface area contributed by atoms with Crippen molar-refractivity contribution in [1.82, 2.24) is 25.2 Å². The summed E-state index contributed by atoms with van der Waals surface area (Å²) in [5.41, 5.74) is 0.0296. The highest BCUT2D eigenvalue weighted by Gasteiger charge is 2.60. The molecule has 1 atom stereocenters. The lowest BCUT2D eigenvalue weighted by atomic mass is 9.91. The largest absolute Gasteiger partial charge is 0.450 e. The van der Waals surface area contributed by atoms with Gasteiger partial charge in [-0.05, 0) is 87.7 Å². The number of carbonyl (C=O) groups is 1. The van der Waals surface area contributed by atoms with Crippen LogP contribution in [0.2, 0.25) is 0 Å². The van der Waals surface area contributed by atoms with Crippen molar-refractivity contribution in [3.63, 3.8) is 0 Å². The fourth-order valence-electron chi connectivity index (χ4n) is 8.41. The fraction of sp³-hybridized carbons (Fsp3) is 0.486. The highest BCUT2D eigenvalue weighted by atomic mass is 19.1. The Morgan fingerprint density at radius 2 is 1.79 bits per heavy atom. The molecule has 3 fully saturated rings. The number of ether oxygens (including phenoxy) is 2. The minimum absolute atomic E-state index is 0.0311. The molecule has 4 aromatic rings. The Bertz CT molecular complexity index is 1870. The molecule has 0 radical (unpaired) electrons. The number of benzene rings is 2. The summed E-state index contributed by atoms with van der Waals surface area (Å²) in [7, 11) is 0. The Hall–Kier alpha value is -4.13. The molecule has 2 aromatic heterocycles. The van der Waals surface area contributed by atoms with E-state index in [1.54, 1.807) is 6.20 Å². The van der Waals surface area contributed by atoms with E-state index in [4.69, 9.17) is 14.5 Å². The highest BCUT2D eigenvalue weighted by molar-refractivity contribution is 6.00. The molecule has 9 rings (SSSR count). The van der Waals surface area contributed by atoms with E-state index in [1.807, 2.05) is 48.2 Å². The average Bonchev–Trinajstić information content (AvgIpc) is 3.65. The van der Waals surface area contributed by atoms with Crippen LogP contribution in [0.5, 0.6) is 6.01 Å². The lowest BCUT2D eigenvalue weighted by Gasteiger charge is -2.42. The van der Waals surface area contributed by atoms with Gasteiger partial charge in [0.15, 0.2) is 5.82 Å². The summed E-state index contributed by atoms with van der Waals surface area (Å²) >= 11 is 0. The van der Waals surface area contributed by atoms with Crippen molar-refractivity contribution in [1.29, 1.82) is 0 Å². The fourth-order valence-corrected chi connectivity index (χ4v) is 8.41. The molecular formula is C35H39FN6O5. The van der Waals surface area contributed by atoms with Gasteiger partial charge in [-0.1, -0.05) is 36.4 Å². The third-order valence-electron chi connectivity index (χ3n) is 10.6. The second-order valence-corrected chi connectivity index (χ2v) is 13.7. The second-order valence-electron chi connectivity index (χ2n) is 13.7. The maximum absolute atomic E-state index is 17.0. The number of aromatic nitrogens is 3. The van der Waals surface area contributed by atoms with Crippen molar-refractivity contribution in [2.75, 3.05) is 37.7 Å². The smallest absolute Gasteiger partial charge is 0.407 e. The zero-order valence-corrected chi connectivity index (χ0v) is 26.5. The van der Waals surface area contributed by atoms with Gasteiger partial charge in [0.05, 0.1) is 17.5 Å². The molecule has 0 aliphatic carbocycles. The first-order valence-corrected chi connectivity index (χ1v) is 16.6. The summed E-state index contributed by atoms with van der Waals surface area (Å²) in [4.78, 5) is 30.9. The van der Waals surface area contributed by atoms with Crippen molar-refractivity contribution >= 4 is 33.6 Å². The van der Waals surface area contributed by atoms with Crippen molar-refractivity contribution in [3.05, 3.63) is 54.0 Å². The first-order chi connectivity index (χ1) is 22.7. The number of hydrogen-bond acceptors (Lipinski definition) is 10. The number of piperidine rings is 1. The van der Waals surface area contributed by atoms with Crippen molar-refractivity contribution in [2.24, 2.45) is 0 Å². The number of rotatable bonds is 3. The van der Waals surface area contributed by atoms with Gasteiger partial charge in [0.1, 0.15) is 22.6 Å². The van der Waals surface area contributed by atoms with Crippen LogP contribution in [0.25, 0.3) is 32.9 Å². The zero-order chi connectivity index (χ0) is 32.4. The van der Waals surface area contributed by atoms with Gasteiger partial charge >= 0.3 is 18.1 Å². The topological polar surface area (TPSA) is 133 Å². The van der Waals surface area contributed by atoms with Crippen LogP contribution in [0, 0.1) is 5.82 Å². The summed E-state index contributed by atoms with van der Waals surface area (Å²) in [6.45, 7) is 4.59. The zero-order valence-electron chi connectivity index (χ0n) is 26.5. The molecule has 3 saturated heterocycles. The third kappa shape index (κ3) is 5.04. The van der Waals surface area contributed by atoms with Crippen LogP contribution in [0.3, 0.4) is 0 Å². The Morgan fingerprint density at radius 1 is 1.02 bits per heavy atom. The molecule has 2 aromatic carbocycles. The molecule has 5 aliphatic rings. The number of nitrogens with one attached hydrogen (secondary N) is 1. The van der Waals surface area contributed by atoms with Gasteiger partial charge in [0, 0.05) is 24.8 Å². The minimum atomic E-state index is -2.60. The van der Waals surface area contributed by atoms with E-state index in [0.29, 0.717) is 68.4 Å². The second kappa shape index (κ2) is 11.2. The SMILES string of the molecule is CC12CCCN(C1)c1nc(OC(O)(O)C34CCCN3CCC4)nc3c(F)c(ncc13)-c1cccc3cccc(c13)CCCOC(=O)N2. The number of carbonyl (C=O) groups excluding carboxylic acids is 1. The Labute approximate surface area is 271 Å². The van der Waals surface area contributed by atoms with E-state index >= 15 is 4.39 Å². The summed E-state index contributed by atoms with van der Waals surface area (Å²) < 4.78 is 28.5. The van der Waals surface area contributed by atoms with E-state index in [-0.39, 0.29) is 23.8 Å². The lowest BCUT2D eigenvalue weighted by Crippen LogP contribution is -2.62. The molecule has 3 N–H and O–H groups in total. The van der Waals surface area contributed by atoms with Gasteiger partial charge in [0.2, 0.25) is 0 Å². The summed E-state index contributed by atoms with van der Waals surface area (Å²) in [6, 6.07) is 11.3. The number of aliphatic hydroxyl groups is 2. The first kappa shape index (κ1) is 30.2. The van der Waals surface area contributed by atoms with Crippen molar-refractivity contribution in [3.8, 4) is 17.3 Å². The molecule has 47 heavy (non-hydrogen) atoms. The number of alkyl carbamates (subject to hydrolysis) is 1. The normalized spacial score (nSPS) is 23.1. The number of hydrogen-bond donors (Lipinski definition) is 3. The van der Waals surface area contributed by atoms with E-state index in [2.05, 4.69) is 20.2 Å². The number of halogens is 1.